The molecule has 0 fully saturated rings. The Bertz CT molecular complexity index is 325. The van der Waals surface area contributed by atoms with Gasteiger partial charge in [-0.2, -0.15) is 0 Å². The maximum Gasteiger partial charge on any atom is 0.258 e. The Morgan fingerprint density at radius 1 is 1.36 bits per heavy atom. The highest BCUT2D eigenvalue weighted by molar-refractivity contribution is 5.78. The quantitative estimate of drug-likeness (QED) is 0.778. The van der Waals surface area contributed by atoms with Crippen molar-refractivity contribution in [1.29, 1.82) is 0 Å². The fourth-order valence-electron chi connectivity index (χ4n) is 0.965. The number of carbonyl (C=O) groups excluding carboxylic acids is 1. The number of hydrogen-bond acceptors (Lipinski definition) is 3. The summed E-state index contributed by atoms with van der Waals surface area (Å²) in [6.07, 6.45) is -0.661. The molecule has 0 aromatic heterocycles. The minimum Gasteiger partial charge on any atom is -0.493 e. The minimum atomic E-state index is -0.661. The van der Waals surface area contributed by atoms with Gasteiger partial charge >= 0.3 is 0 Å². The number of carbonyl (C=O) groups is 1. The predicted octanol–water partition coefficient (Wildman–Crippen LogP) is 0.948. The van der Waals surface area contributed by atoms with E-state index in [1.165, 1.54) is 7.11 Å². The van der Waals surface area contributed by atoms with Crippen LogP contribution in [-0.2, 0) is 4.79 Å². The van der Waals surface area contributed by atoms with Gasteiger partial charge in [0.2, 0.25) is 0 Å². The van der Waals surface area contributed by atoms with E-state index in [-0.39, 0.29) is 0 Å². The molecule has 76 valence electrons. The molecule has 4 heteroatoms. The van der Waals surface area contributed by atoms with Gasteiger partial charge in [-0.15, -0.1) is 0 Å². The Morgan fingerprint density at radius 2 is 1.93 bits per heavy atom. The van der Waals surface area contributed by atoms with E-state index >= 15 is 0 Å². The van der Waals surface area contributed by atoms with Gasteiger partial charge in [0.15, 0.2) is 17.6 Å². The summed E-state index contributed by atoms with van der Waals surface area (Å²) in [6.45, 7) is 1.59. The molecule has 1 atom stereocenters. The zero-order valence-corrected chi connectivity index (χ0v) is 8.19. The van der Waals surface area contributed by atoms with Gasteiger partial charge in [0.1, 0.15) is 0 Å². The lowest BCUT2D eigenvalue weighted by Gasteiger charge is -2.13. The van der Waals surface area contributed by atoms with E-state index < -0.39 is 12.0 Å². The highest BCUT2D eigenvalue weighted by Crippen LogP contribution is 2.26. The van der Waals surface area contributed by atoms with E-state index in [0.29, 0.717) is 11.5 Å². The van der Waals surface area contributed by atoms with E-state index in [1.54, 1.807) is 25.1 Å². The molecule has 0 radical (unpaired) electrons. The van der Waals surface area contributed by atoms with Crippen LogP contribution in [0.4, 0.5) is 0 Å². The lowest BCUT2D eigenvalue weighted by atomic mass is 10.3. The van der Waals surface area contributed by atoms with E-state index in [2.05, 4.69) is 0 Å². The SMILES string of the molecule is COc1ccccc1O[C@@H](C)C(N)=O. The third-order valence-electron chi connectivity index (χ3n) is 1.77. The molecule has 0 spiro atoms. The molecule has 0 aliphatic rings. The molecule has 1 aromatic carbocycles. The van der Waals surface area contributed by atoms with Gasteiger partial charge in [0.25, 0.3) is 5.91 Å². The number of rotatable bonds is 4. The van der Waals surface area contributed by atoms with E-state index in [0.717, 1.165) is 0 Å². The van der Waals surface area contributed by atoms with Crippen molar-refractivity contribution in [2.24, 2.45) is 5.73 Å². The number of primary amides is 1. The lowest BCUT2D eigenvalue weighted by molar-refractivity contribution is -0.124. The van der Waals surface area contributed by atoms with Crippen molar-refractivity contribution in [3.63, 3.8) is 0 Å². The Morgan fingerprint density at radius 3 is 2.43 bits per heavy atom. The van der Waals surface area contributed by atoms with Crippen molar-refractivity contribution in [3.05, 3.63) is 24.3 Å². The Kier molecular flexibility index (Phi) is 3.34. The fraction of sp³-hybridized carbons (Fsp3) is 0.300. The van der Waals surface area contributed by atoms with Crippen LogP contribution in [0.1, 0.15) is 6.92 Å². The number of methoxy groups -OCH3 is 1. The average molecular weight is 195 g/mol. The molecule has 0 aliphatic heterocycles. The van der Waals surface area contributed by atoms with Crippen LogP contribution in [0.25, 0.3) is 0 Å². The maximum atomic E-state index is 10.8. The van der Waals surface area contributed by atoms with Crippen molar-refractivity contribution in [2.45, 2.75) is 13.0 Å². The minimum absolute atomic E-state index is 0.504. The van der Waals surface area contributed by atoms with Crippen LogP contribution in [0.3, 0.4) is 0 Å². The van der Waals surface area contributed by atoms with Gasteiger partial charge in [0.05, 0.1) is 7.11 Å². The summed E-state index contributed by atoms with van der Waals surface area (Å²) in [5, 5.41) is 0. The summed E-state index contributed by atoms with van der Waals surface area (Å²) < 4.78 is 10.3. The van der Waals surface area contributed by atoms with Crippen LogP contribution < -0.4 is 15.2 Å². The summed E-state index contributed by atoms with van der Waals surface area (Å²) >= 11 is 0. The molecular weight excluding hydrogens is 182 g/mol. The second-order valence-corrected chi connectivity index (χ2v) is 2.81. The van der Waals surface area contributed by atoms with Crippen LogP contribution >= 0.6 is 0 Å². The number of ether oxygens (including phenoxy) is 2. The Labute approximate surface area is 82.6 Å². The zero-order valence-electron chi connectivity index (χ0n) is 8.19. The van der Waals surface area contributed by atoms with Gasteiger partial charge < -0.3 is 15.2 Å². The van der Waals surface area contributed by atoms with Gasteiger partial charge in [-0.1, -0.05) is 12.1 Å². The highest BCUT2D eigenvalue weighted by atomic mass is 16.5. The molecule has 1 rings (SSSR count). The summed E-state index contributed by atoms with van der Waals surface area (Å²) in [4.78, 5) is 10.8. The first-order chi connectivity index (χ1) is 6.65. The van der Waals surface area contributed by atoms with Crippen LogP contribution in [0, 0.1) is 0 Å². The molecule has 1 amide bonds. The molecule has 14 heavy (non-hydrogen) atoms. The average Bonchev–Trinajstić information content (AvgIpc) is 2.18. The van der Waals surface area contributed by atoms with Crippen molar-refractivity contribution in [1.82, 2.24) is 0 Å². The number of amides is 1. The molecule has 0 unspecified atom stereocenters. The second kappa shape index (κ2) is 4.50. The lowest BCUT2D eigenvalue weighted by Crippen LogP contribution is -2.30. The number of benzene rings is 1. The topological polar surface area (TPSA) is 61.6 Å². The standard InChI is InChI=1S/C10H13NO3/c1-7(10(11)12)14-9-6-4-3-5-8(9)13-2/h3-7H,1-2H3,(H2,11,12)/t7-/m0/s1. The van der Waals surface area contributed by atoms with Crippen molar-refractivity contribution < 1.29 is 14.3 Å². The fourth-order valence-corrected chi connectivity index (χ4v) is 0.965. The number of para-hydroxylation sites is 2. The third-order valence-corrected chi connectivity index (χ3v) is 1.77. The summed E-state index contributed by atoms with van der Waals surface area (Å²) in [6, 6.07) is 7.09. The summed E-state index contributed by atoms with van der Waals surface area (Å²) in [5.41, 5.74) is 5.07. The van der Waals surface area contributed by atoms with Gasteiger partial charge in [-0.25, -0.2) is 0 Å². The molecule has 0 aliphatic carbocycles. The molecule has 0 saturated heterocycles. The molecular formula is C10H13NO3. The van der Waals surface area contributed by atoms with E-state index in [4.69, 9.17) is 15.2 Å². The predicted molar refractivity (Wildman–Crippen MR) is 52.3 cm³/mol. The summed E-state index contributed by atoms with van der Waals surface area (Å²) in [5.74, 6) is 0.595. The smallest absolute Gasteiger partial charge is 0.258 e. The maximum absolute atomic E-state index is 10.8. The third kappa shape index (κ3) is 2.39. The van der Waals surface area contributed by atoms with Crippen LogP contribution in [0.15, 0.2) is 24.3 Å². The molecule has 0 saturated carbocycles. The first-order valence-electron chi connectivity index (χ1n) is 4.24. The summed E-state index contributed by atoms with van der Waals surface area (Å²) in [7, 11) is 1.54. The van der Waals surface area contributed by atoms with Gasteiger partial charge in [-0.05, 0) is 19.1 Å². The molecule has 2 N–H and O–H groups in total. The Balaban J connectivity index is 2.80. The molecule has 0 bridgehead atoms. The first-order valence-corrected chi connectivity index (χ1v) is 4.24. The van der Waals surface area contributed by atoms with E-state index in [9.17, 15) is 4.79 Å². The van der Waals surface area contributed by atoms with Gasteiger partial charge in [0, 0.05) is 0 Å². The Hall–Kier alpha value is -1.71. The molecule has 4 nitrogen and oxygen atoms in total. The second-order valence-electron chi connectivity index (χ2n) is 2.81. The van der Waals surface area contributed by atoms with Crippen molar-refractivity contribution >= 4 is 5.91 Å². The van der Waals surface area contributed by atoms with Crippen molar-refractivity contribution in [2.75, 3.05) is 7.11 Å². The van der Waals surface area contributed by atoms with Gasteiger partial charge in [-0.3, -0.25) is 4.79 Å². The van der Waals surface area contributed by atoms with Crippen molar-refractivity contribution in [3.8, 4) is 11.5 Å². The van der Waals surface area contributed by atoms with Crippen LogP contribution in [0.2, 0.25) is 0 Å². The highest BCUT2D eigenvalue weighted by Gasteiger charge is 2.12. The number of hydrogen-bond donors (Lipinski definition) is 1. The van der Waals surface area contributed by atoms with E-state index in [1.807, 2.05) is 6.07 Å². The number of nitrogens with two attached hydrogens (primary N) is 1. The molecule has 0 heterocycles. The zero-order chi connectivity index (χ0) is 10.6. The normalized spacial score (nSPS) is 11.9. The largest absolute Gasteiger partial charge is 0.493 e. The van der Waals surface area contributed by atoms with Crippen LogP contribution in [0.5, 0.6) is 11.5 Å². The first kappa shape index (κ1) is 10.4. The monoisotopic (exact) mass is 195 g/mol. The van der Waals surface area contributed by atoms with Crippen LogP contribution in [-0.4, -0.2) is 19.1 Å². The molecule has 1 aromatic rings.